The minimum Gasteiger partial charge on any atom is -0.451 e. The molecule has 2 aromatic rings. The van der Waals surface area contributed by atoms with Crippen LogP contribution in [0.3, 0.4) is 0 Å². The number of halogens is 1. The van der Waals surface area contributed by atoms with Crippen molar-refractivity contribution in [3.05, 3.63) is 77.1 Å². The molecule has 4 heteroatoms. The van der Waals surface area contributed by atoms with Crippen LogP contribution in [0, 0.1) is 5.82 Å². The highest BCUT2D eigenvalue weighted by Gasteiger charge is 2.20. The number of esters is 1. The largest absolute Gasteiger partial charge is 0.451 e. The van der Waals surface area contributed by atoms with Gasteiger partial charge in [0, 0.05) is 11.6 Å². The maximum absolute atomic E-state index is 13.1. The summed E-state index contributed by atoms with van der Waals surface area (Å²) in [6.45, 7) is 7.82. The Hall–Kier alpha value is -2.75. The number of ketones is 1. The molecule has 1 atom stereocenters. The van der Waals surface area contributed by atoms with Crippen LogP contribution in [0.5, 0.6) is 0 Å². The first-order valence-corrected chi connectivity index (χ1v) is 8.46. The summed E-state index contributed by atoms with van der Waals surface area (Å²) in [5.41, 5.74) is 2.16. The SMILES string of the molecule is C[C@@H](OC(=O)/C=C/c1cccc(F)c1)C(=O)c1ccc(C(C)(C)C)cc1. The summed E-state index contributed by atoms with van der Waals surface area (Å²) in [7, 11) is 0. The summed E-state index contributed by atoms with van der Waals surface area (Å²) in [5.74, 6) is -1.30. The first-order valence-electron chi connectivity index (χ1n) is 8.46. The Morgan fingerprint density at radius 2 is 1.73 bits per heavy atom. The minimum atomic E-state index is -0.903. The first kappa shape index (κ1) is 19.6. The van der Waals surface area contributed by atoms with Crippen LogP contribution < -0.4 is 0 Å². The molecule has 136 valence electrons. The van der Waals surface area contributed by atoms with Crippen molar-refractivity contribution in [3.8, 4) is 0 Å². The molecular weight excluding hydrogens is 331 g/mol. The fourth-order valence-electron chi connectivity index (χ4n) is 2.41. The smallest absolute Gasteiger partial charge is 0.331 e. The quantitative estimate of drug-likeness (QED) is 0.433. The molecule has 0 N–H and O–H groups in total. The zero-order chi connectivity index (χ0) is 19.3. The van der Waals surface area contributed by atoms with Crippen LogP contribution in [0.15, 0.2) is 54.6 Å². The van der Waals surface area contributed by atoms with Crippen LogP contribution in [0.2, 0.25) is 0 Å². The van der Waals surface area contributed by atoms with Crippen LogP contribution in [0.25, 0.3) is 6.08 Å². The van der Waals surface area contributed by atoms with Gasteiger partial charge >= 0.3 is 5.97 Å². The Labute approximate surface area is 153 Å². The Kier molecular flexibility index (Phi) is 6.09. The minimum absolute atomic E-state index is 0.00136. The van der Waals surface area contributed by atoms with E-state index in [2.05, 4.69) is 20.8 Å². The average Bonchev–Trinajstić information content (AvgIpc) is 2.58. The number of hydrogen-bond acceptors (Lipinski definition) is 3. The molecular formula is C22H23FO3. The zero-order valence-electron chi connectivity index (χ0n) is 15.5. The predicted molar refractivity (Wildman–Crippen MR) is 100 cm³/mol. The molecule has 0 aliphatic rings. The van der Waals surface area contributed by atoms with Crippen molar-refractivity contribution in [1.82, 2.24) is 0 Å². The van der Waals surface area contributed by atoms with Gasteiger partial charge in [-0.15, -0.1) is 0 Å². The normalized spacial score (nSPS) is 12.8. The van der Waals surface area contributed by atoms with Gasteiger partial charge in [-0.2, -0.15) is 0 Å². The van der Waals surface area contributed by atoms with Gasteiger partial charge in [-0.3, -0.25) is 4.79 Å². The number of Topliss-reactive ketones (excluding diaryl/α,β-unsaturated/α-hetero) is 1. The topological polar surface area (TPSA) is 43.4 Å². The molecule has 0 bridgehead atoms. The molecule has 0 saturated carbocycles. The summed E-state index contributed by atoms with van der Waals surface area (Å²) in [6.07, 6.45) is 1.72. The summed E-state index contributed by atoms with van der Waals surface area (Å²) in [5, 5.41) is 0. The number of ether oxygens (including phenoxy) is 1. The number of carbonyl (C=O) groups is 2. The van der Waals surface area contributed by atoms with Crippen LogP contribution in [0.4, 0.5) is 4.39 Å². The number of hydrogen-bond donors (Lipinski definition) is 0. The fraction of sp³-hybridized carbons (Fsp3) is 0.273. The van der Waals surface area contributed by atoms with E-state index in [9.17, 15) is 14.0 Å². The van der Waals surface area contributed by atoms with Gasteiger partial charge in [-0.25, -0.2) is 9.18 Å². The van der Waals surface area contributed by atoms with Crippen molar-refractivity contribution >= 4 is 17.8 Å². The van der Waals surface area contributed by atoms with E-state index in [1.165, 1.54) is 31.2 Å². The molecule has 0 saturated heterocycles. The van der Waals surface area contributed by atoms with Crippen molar-refractivity contribution in [2.24, 2.45) is 0 Å². The molecule has 0 aliphatic carbocycles. The van der Waals surface area contributed by atoms with E-state index in [1.807, 2.05) is 12.1 Å². The van der Waals surface area contributed by atoms with E-state index < -0.39 is 12.1 Å². The highest BCUT2D eigenvalue weighted by atomic mass is 19.1. The molecule has 0 aromatic heterocycles. The van der Waals surface area contributed by atoms with E-state index in [4.69, 9.17) is 4.74 Å². The van der Waals surface area contributed by atoms with Crippen molar-refractivity contribution in [2.45, 2.75) is 39.2 Å². The highest BCUT2D eigenvalue weighted by molar-refractivity contribution is 6.01. The van der Waals surface area contributed by atoms with Gasteiger partial charge < -0.3 is 4.74 Å². The van der Waals surface area contributed by atoms with Crippen LogP contribution in [-0.4, -0.2) is 17.9 Å². The number of carbonyl (C=O) groups excluding carboxylic acids is 2. The fourth-order valence-corrected chi connectivity index (χ4v) is 2.41. The van der Waals surface area contributed by atoms with Crippen molar-refractivity contribution in [1.29, 1.82) is 0 Å². The maximum Gasteiger partial charge on any atom is 0.331 e. The lowest BCUT2D eigenvalue weighted by Gasteiger charge is -2.19. The molecule has 0 heterocycles. The molecule has 0 aliphatic heterocycles. The molecule has 2 rings (SSSR count). The van der Waals surface area contributed by atoms with Gasteiger partial charge in [0.2, 0.25) is 5.78 Å². The average molecular weight is 354 g/mol. The van der Waals surface area contributed by atoms with Crippen LogP contribution in [0.1, 0.15) is 49.2 Å². The monoisotopic (exact) mass is 354 g/mol. The van der Waals surface area contributed by atoms with Crippen molar-refractivity contribution in [2.75, 3.05) is 0 Å². The lowest BCUT2D eigenvalue weighted by molar-refractivity contribution is -0.140. The third-order valence-electron chi connectivity index (χ3n) is 3.96. The van der Waals surface area contributed by atoms with Gasteiger partial charge in [0.05, 0.1) is 0 Å². The van der Waals surface area contributed by atoms with E-state index in [0.29, 0.717) is 11.1 Å². The molecule has 0 unspecified atom stereocenters. The Bertz CT molecular complexity index is 814. The standard InChI is InChI=1S/C22H23FO3/c1-15(21(25)17-9-11-18(12-10-17)22(2,3)4)26-20(24)13-8-16-6-5-7-19(23)14-16/h5-15H,1-4H3/b13-8+/t15-/m1/s1. The van der Waals surface area contributed by atoms with E-state index in [0.717, 1.165) is 5.56 Å². The van der Waals surface area contributed by atoms with Gasteiger partial charge in [-0.05, 0) is 41.7 Å². The second-order valence-corrected chi connectivity index (χ2v) is 7.16. The summed E-state index contributed by atoms with van der Waals surface area (Å²) < 4.78 is 18.2. The lowest BCUT2D eigenvalue weighted by atomic mass is 9.86. The summed E-state index contributed by atoms with van der Waals surface area (Å²) >= 11 is 0. The van der Waals surface area contributed by atoms with E-state index in [1.54, 1.807) is 24.3 Å². The summed E-state index contributed by atoms with van der Waals surface area (Å²) in [6, 6.07) is 13.1. The Morgan fingerprint density at radius 3 is 2.31 bits per heavy atom. The third kappa shape index (κ3) is 5.38. The second-order valence-electron chi connectivity index (χ2n) is 7.16. The molecule has 2 aromatic carbocycles. The lowest BCUT2D eigenvalue weighted by Crippen LogP contribution is -2.23. The van der Waals surface area contributed by atoms with Crippen molar-refractivity contribution in [3.63, 3.8) is 0 Å². The highest BCUT2D eigenvalue weighted by Crippen LogP contribution is 2.22. The maximum atomic E-state index is 13.1. The van der Waals surface area contributed by atoms with Gasteiger partial charge in [0.1, 0.15) is 5.82 Å². The second kappa shape index (κ2) is 8.09. The van der Waals surface area contributed by atoms with Crippen LogP contribution in [-0.2, 0) is 14.9 Å². The molecule has 26 heavy (non-hydrogen) atoms. The molecule has 0 radical (unpaired) electrons. The molecule has 0 spiro atoms. The Balaban J connectivity index is 1.99. The molecule has 3 nitrogen and oxygen atoms in total. The van der Waals surface area contributed by atoms with Gasteiger partial charge in [-0.1, -0.05) is 57.2 Å². The van der Waals surface area contributed by atoms with E-state index >= 15 is 0 Å². The molecule has 0 fully saturated rings. The number of benzene rings is 2. The molecule has 0 amide bonds. The Morgan fingerprint density at radius 1 is 1.08 bits per heavy atom. The van der Waals surface area contributed by atoms with Crippen LogP contribution >= 0.6 is 0 Å². The van der Waals surface area contributed by atoms with Gasteiger partial charge in [0.25, 0.3) is 0 Å². The third-order valence-corrected chi connectivity index (χ3v) is 3.96. The first-order chi connectivity index (χ1) is 12.2. The van der Waals surface area contributed by atoms with Gasteiger partial charge in [0.15, 0.2) is 6.10 Å². The summed E-state index contributed by atoms with van der Waals surface area (Å²) in [4.78, 5) is 24.3. The predicted octanol–water partition coefficient (Wildman–Crippen LogP) is 4.95. The number of rotatable bonds is 5. The van der Waals surface area contributed by atoms with Crippen molar-refractivity contribution < 1.29 is 18.7 Å². The van der Waals surface area contributed by atoms with E-state index in [-0.39, 0.29) is 17.0 Å². The zero-order valence-corrected chi connectivity index (χ0v) is 15.5.